The van der Waals surface area contributed by atoms with Crippen LogP contribution in [0.5, 0.6) is 0 Å². The molecule has 116 valence electrons. The molecule has 0 aliphatic carbocycles. The van der Waals surface area contributed by atoms with Gasteiger partial charge >= 0.3 is 0 Å². The second kappa shape index (κ2) is 5.92. The van der Waals surface area contributed by atoms with Crippen molar-refractivity contribution in [3.05, 3.63) is 41.0 Å². The first kappa shape index (κ1) is 15.3. The predicted molar refractivity (Wildman–Crippen MR) is 87.3 cm³/mol. The van der Waals surface area contributed by atoms with E-state index in [0.717, 1.165) is 16.3 Å². The Morgan fingerprint density at radius 1 is 1.36 bits per heavy atom. The number of aromatic nitrogens is 3. The first-order valence-corrected chi connectivity index (χ1v) is 9.60. The van der Waals surface area contributed by atoms with E-state index in [1.165, 1.54) is 27.0 Å². The predicted octanol–water partition coefficient (Wildman–Crippen LogP) is 2.43. The third kappa shape index (κ3) is 2.98. The highest BCUT2D eigenvalue weighted by Crippen LogP contribution is 2.25. The lowest BCUT2D eigenvalue weighted by molar-refractivity contribution is 0.465. The lowest BCUT2D eigenvalue weighted by Gasteiger charge is -2.14. The van der Waals surface area contributed by atoms with Crippen LogP contribution in [0, 0.1) is 0 Å². The summed E-state index contributed by atoms with van der Waals surface area (Å²) in [5.74, 6) is 0. The monoisotopic (exact) mass is 354 g/mol. The average molecular weight is 354 g/mol. The molecule has 0 aliphatic heterocycles. The Bertz CT molecular complexity index is 865. The van der Waals surface area contributed by atoms with Gasteiger partial charge in [-0.2, -0.15) is 9.40 Å². The molecule has 3 rings (SSSR count). The van der Waals surface area contributed by atoms with Gasteiger partial charge in [0.05, 0.1) is 18.4 Å². The summed E-state index contributed by atoms with van der Waals surface area (Å²) in [6.45, 7) is 0.247. The summed E-state index contributed by atoms with van der Waals surface area (Å²) in [5, 5.41) is 8.58. The zero-order chi connectivity index (χ0) is 15.7. The Morgan fingerprint density at radius 2 is 2.18 bits per heavy atom. The lowest BCUT2D eigenvalue weighted by Crippen LogP contribution is -2.25. The molecule has 0 amide bonds. The smallest absolute Gasteiger partial charge is 0.252 e. The first-order valence-electron chi connectivity index (χ1n) is 6.40. The molecule has 0 atom stereocenters. The van der Waals surface area contributed by atoms with Crippen molar-refractivity contribution in [1.29, 1.82) is 0 Å². The summed E-state index contributed by atoms with van der Waals surface area (Å²) in [5.41, 5.74) is 1.66. The number of hydrogen-bond donors (Lipinski definition) is 0. The summed E-state index contributed by atoms with van der Waals surface area (Å²) in [7, 11) is -0.0309. The van der Waals surface area contributed by atoms with Crippen molar-refractivity contribution in [2.24, 2.45) is 7.05 Å². The molecule has 0 spiro atoms. The second-order valence-corrected chi connectivity index (χ2v) is 8.82. The molecule has 0 N–H and O–H groups in total. The third-order valence-electron chi connectivity index (χ3n) is 3.05. The van der Waals surface area contributed by atoms with E-state index < -0.39 is 10.0 Å². The van der Waals surface area contributed by atoms with Gasteiger partial charge in [0.15, 0.2) is 0 Å². The number of thiazole rings is 1. The van der Waals surface area contributed by atoms with E-state index in [1.807, 2.05) is 18.6 Å². The van der Waals surface area contributed by atoms with Crippen molar-refractivity contribution in [2.75, 3.05) is 7.05 Å². The quantitative estimate of drug-likeness (QED) is 0.706. The van der Waals surface area contributed by atoms with Crippen LogP contribution in [-0.4, -0.2) is 34.5 Å². The van der Waals surface area contributed by atoms with Crippen LogP contribution >= 0.6 is 22.7 Å². The molecule has 0 saturated heterocycles. The molecule has 0 bridgehead atoms. The van der Waals surface area contributed by atoms with Crippen LogP contribution in [0.4, 0.5) is 0 Å². The largest absolute Gasteiger partial charge is 0.275 e. The summed E-state index contributed by atoms with van der Waals surface area (Å²) in [4.78, 5) is 4.49. The van der Waals surface area contributed by atoms with Gasteiger partial charge in [-0.25, -0.2) is 13.4 Å². The minimum absolute atomic E-state index is 0.247. The minimum atomic E-state index is -3.45. The number of hydrogen-bond acceptors (Lipinski definition) is 6. The summed E-state index contributed by atoms with van der Waals surface area (Å²) in [6.07, 6.45) is 3.63. The molecule has 3 aromatic heterocycles. The van der Waals surface area contributed by atoms with Gasteiger partial charge in [0.1, 0.15) is 9.22 Å². The van der Waals surface area contributed by atoms with Crippen LogP contribution in [0.2, 0.25) is 0 Å². The molecule has 0 fully saturated rings. The van der Waals surface area contributed by atoms with E-state index in [9.17, 15) is 8.42 Å². The normalized spacial score (nSPS) is 12.1. The Morgan fingerprint density at radius 3 is 2.82 bits per heavy atom. The van der Waals surface area contributed by atoms with Crippen molar-refractivity contribution in [1.82, 2.24) is 19.1 Å². The molecule has 3 aromatic rings. The highest BCUT2D eigenvalue weighted by Gasteiger charge is 2.22. The van der Waals surface area contributed by atoms with Crippen LogP contribution in [0.3, 0.4) is 0 Å². The van der Waals surface area contributed by atoms with Crippen molar-refractivity contribution in [2.45, 2.75) is 10.8 Å². The van der Waals surface area contributed by atoms with Gasteiger partial charge in [-0.1, -0.05) is 6.07 Å². The Balaban J connectivity index is 1.78. The molecule has 9 heteroatoms. The summed E-state index contributed by atoms with van der Waals surface area (Å²) >= 11 is 2.70. The zero-order valence-electron chi connectivity index (χ0n) is 12.0. The van der Waals surface area contributed by atoms with Gasteiger partial charge in [-0.15, -0.1) is 22.7 Å². The Kier molecular flexibility index (Phi) is 4.13. The fourth-order valence-electron chi connectivity index (χ4n) is 1.92. The standard InChI is InChI=1S/C13H14N4O2S3/c1-16-7-10(6-14-16)13-15-11(9-21-13)8-17(2)22(18,19)12-4-3-5-20-12/h3-7,9H,8H2,1-2H3. The molecule has 0 aliphatic rings. The van der Waals surface area contributed by atoms with Crippen molar-refractivity contribution in [3.8, 4) is 10.6 Å². The second-order valence-electron chi connectivity index (χ2n) is 4.74. The molecule has 22 heavy (non-hydrogen) atoms. The maximum atomic E-state index is 12.4. The first-order chi connectivity index (χ1) is 10.5. The van der Waals surface area contributed by atoms with Crippen LogP contribution in [0.25, 0.3) is 10.6 Å². The molecule has 0 unspecified atom stereocenters. The molecule has 3 heterocycles. The minimum Gasteiger partial charge on any atom is -0.275 e. The third-order valence-corrected chi connectivity index (χ3v) is 7.16. The van der Waals surface area contributed by atoms with E-state index >= 15 is 0 Å². The van der Waals surface area contributed by atoms with Crippen molar-refractivity contribution >= 4 is 32.7 Å². The highest BCUT2D eigenvalue weighted by molar-refractivity contribution is 7.91. The van der Waals surface area contributed by atoms with E-state index in [1.54, 1.807) is 35.4 Å². The van der Waals surface area contributed by atoms with Crippen LogP contribution in [-0.2, 0) is 23.6 Å². The van der Waals surface area contributed by atoms with Crippen molar-refractivity contribution in [3.63, 3.8) is 0 Å². The molecular weight excluding hydrogens is 340 g/mol. The van der Waals surface area contributed by atoms with Crippen molar-refractivity contribution < 1.29 is 8.42 Å². The maximum Gasteiger partial charge on any atom is 0.252 e. The van der Waals surface area contributed by atoms with Crippen LogP contribution in [0.1, 0.15) is 5.69 Å². The van der Waals surface area contributed by atoms with E-state index in [4.69, 9.17) is 0 Å². The van der Waals surface area contributed by atoms with E-state index in [0.29, 0.717) is 4.21 Å². The number of nitrogens with zero attached hydrogens (tertiary/aromatic N) is 4. The molecular formula is C13H14N4O2S3. The SMILES string of the molecule is CN(Cc1csc(-c2cnn(C)c2)n1)S(=O)(=O)c1cccs1. The van der Waals surface area contributed by atoms with Gasteiger partial charge in [-0.05, 0) is 11.4 Å². The molecule has 0 aromatic carbocycles. The molecule has 0 saturated carbocycles. The van der Waals surface area contributed by atoms with Crippen LogP contribution < -0.4 is 0 Å². The lowest BCUT2D eigenvalue weighted by atomic mass is 10.4. The van der Waals surface area contributed by atoms with E-state index in [-0.39, 0.29) is 6.54 Å². The topological polar surface area (TPSA) is 68.1 Å². The van der Waals surface area contributed by atoms with Crippen LogP contribution in [0.15, 0.2) is 39.5 Å². The van der Waals surface area contributed by atoms with Gasteiger partial charge in [0.25, 0.3) is 10.0 Å². The van der Waals surface area contributed by atoms with Gasteiger partial charge in [0, 0.05) is 31.2 Å². The van der Waals surface area contributed by atoms with Gasteiger partial charge in [-0.3, -0.25) is 4.68 Å². The zero-order valence-corrected chi connectivity index (χ0v) is 14.5. The van der Waals surface area contributed by atoms with Gasteiger partial charge in [0.2, 0.25) is 0 Å². The van der Waals surface area contributed by atoms with Gasteiger partial charge < -0.3 is 0 Å². The molecule has 0 radical (unpaired) electrons. The summed E-state index contributed by atoms with van der Waals surface area (Å²) in [6, 6.07) is 3.34. The highest BCUT2D eigenvalue weighted by atomic mass is 32.2. The fourth-order valence-corrected chi connectivity index (χ4v) is 5.05. The average Bonchev–Trinajstić information content (AvgIpc) is 3.18. The van der Waals surface area contributed by atoms with E-state index in [2.05, 4.69) is 10.1 Å². The summed E-state index contributed by atoms with van der Waals surface area (Å²) < 4.78 is 28.1. The maximum absolute atomic E-state index is 12.4. The Labute approximate surface area is 136 Å². The number of sulfonamides is 1. The number of thiophene rings is 1. The Hall–Kier alpha value is -1.55. The number of aryl methyl sites for hydroxylation is 1. The fraction of sp³-hybridized carbons (Fsp3) is 0.231. The molecule has 6 nitrogen and oxygen atoms in total. The number of rotatable bonds is 5.